The third-order valence-corrected chi connectivity index (χ3v) is 2.56. The second-order valence-electron chi connectivity index (χ2n) is 4.17. The van der Waals surface area contributed by atoms with Crippen LogP contribution in [-0.2, 0) is 4.74 Å². The summed E-state index contributed by atoms with van der Waals surface area (Å²) in [5.41, 5.74) is 5.54. The van der Waals surface area contributed by atoms with E-state index >= 15 is 0 Å². The minimum absolute atomic E-state index is 0.0426. The molecule has 0 amide bonds. The highest BCUT2D eigenvalue weighted by molar-refractivity contribution is 5.45. The number of nitrogens with one attached hydrogen (secondary N) is 1. The van der Waals surface area contributed by atoms with Crippen molar-refractivity contribution < 1.29 is 4.74 Å². The van der Waals surface area contributed by atoms with Crippen LogP contribution in [0.15, 0.2) is 12.4 Å². The normalized spacial score (nSPS) is 26.2. The molecule has 1 aliphatic rings. The summed E-state index contributed by atoms with van der Waals surface area (Å²) in [6, 6.07) is 1.74. The molecule has 0 aliphatic carbocycles. The third kappa shape index (κ3) is 2.56. The number of nitrogen functional groups attached to an aromatic ring is 1. The number of rotatable bonds is 2. The van der Waals surface area contributed by atoms with E-state index in [4.69, 9.17) is 10.5 Å². The van der Waals surface area contributed by atoms with E-state index in [1.54, 1.807) is 6.07 Å². The number of hydrogen-bond acceptors (Lipinski definition) is 5. The zero-order chi connectivity index (χ0) is 10.7. The molecule has 1 atom stereocenters. The molecule has 0 bridgehead atoms. The Labute approximate surface area is 89.1 Å². The van der Waals surface area contributed by atoms with Crippen molar-refractivity contribution in [2.75, 3.05) is 24.3 Å². The van der Waals surface area contributed by atoms with Crippen LogP contribution in [0, 0.1) is 0 Å². The number of nitrogens with zero attached hydrogens (tertiary/aromatic N) is 2. The van der Waals surface area contributed by atoms with Crippen LogP contribution in [0.25, 0.3) is 0 Å². The van der Waals surface area contributed by atoms with Crippen LogP contribution in [0.2, 0.25) is 0 Å². The summed E-state index contributed by atoms with van der Waals surface area (Å²) in [4.78, 5) is 7.97. The van der Waals surface area contributed by atoms with E-state index in [1.165, 1.54) is 6.33 Å². The first kappa shape index (κ1) is 10.2. The fourth-order valence-corrected chi connectivity index (χ4v) is 1.78. The van der Waals surface area contributed by atoms with Gasteiger partial charge in [-0.1, -0.05) is 0 Å². The Morgan fingerprint density at radius 2 is 2.40 bits per heavy atom. The zero-order valence-corrected chi connectivity index (χ0v) is 8.86. The van der Waals surface area contributed by atoms with Crippen LogP contribution in [0.5, 0.6) is 0 Å². The summed E-state index contributed by atoms with van der Waals surface area (Å²) in [6.45, 7) is 3.69. The third-order valence-electron chi connectivity index (χ3n) is 2.56. The first-order chi connectivity index (χ1) is 7.18. The fourth-order valence-electron chi connectivity index (χ4n) is 1.78. The average Bonchev–Trinajstić information content (AvgIpc) is 2.18. The molecule has 1 aliphatic heterocycles. The summed E-state index contributed by atoms with van der Waals surface area (Å²) in [5, 5.41) is 3.34. The van der Waals surface area contributed by atoms with Gasteiger partial charge in [0.05, 0.1) is 12.1 Å². The Morgan fingerprint density at radius 1 is 1.53 bits per heavy atom. The molecule has 1 saturated heterocycles. The van der Waals surface area contributed by atoms with Gasteiger partial charge in [0, 0.05) is 12.7 Å². The highest BCUT2D eigenvalue weighted by Gasteiger charge is 2.27. The molecular formula is C10H16N4O. The number of aromatic nitrogens is 2. The van der Waals surface area contributed by atoms with Gasteiger partial charge in [-0.05, 0) is 19.8 Å². The largest absolute Gasteiger partial charge is 0.384 e. The Kier molecular flexibility index (Phi) is 2.73. The molecule has 0 spiro atoms. The van der Waals surface area contributed by atoms with Crippen molar-refractivity contribution in [3.8, 4) is 0 Å². The molecule has 3 N–H and O–H groups in total. The van der Waals surface area contributed by atoms with E-state index in [-0.39, 0.29) is 5.54 Å². The SMILES string of the molecule is CC1(Nc2cc(N)ncn2)CCCOC1. The van der Waals surface area contributed by atoms with Crippen LogP contribution >= 0.6 is 0 Å². The van der Waals surface area contributed by atoms with Crippen LogP contribution in [-0.4, -0.2) is 28.7 Å². The molecule has 1 unspecified atom stereocenters. The molecule has 0 saturated carbocycles. The lowest BCUT2D eigenvalue weighted by atomic mass is 9.95. The molecule has 2 heterocycles. The standard InChI is InChI=1S/C10H16N4O/c1-10(3-2-4-15-6-10)14-9-5-8(11)12-7-13-9/h5,7H,2-4,6H2,1H3,(H3,11,12,13,14). The molecule has 1 aromatic rings. The lowest BCUT2D eigenvalue weighted by molar-refractivity contribution is 0.0539. The van der Waals surface area contributed by atoms with E-state index in [0.717, 1.165) is 25.3 Å². The van der Waals surface area contributed by atoms with Crippen molar-refractivity contribution in [1.29, 1.82) is 0 Å². The van der Waals surface area contributed by atoms with Gasteiger partial charge in [0.2, 0.25) is 0 Å². The minimum atomic E-state index is -0.0426. The molecular weight excluding hydrogens is 192 g/mol. The van der Waals surface area contributed by atoms with Gasteiger partial charge in [-0.25, -0.2) is 9.97 Å². The molecule has 0 aromatic carbocycles. The topological polar surface area (TPSA) is 73.1 Å². The molecule has 1 fully saturated rings. The molecule has 1 aromatic heterocycles. The Balaban J connectivity index is 2.06. The number of hydrogen-bond donors (Lipinski definition) is 2. The van der Waals surface area contributed by atoms with Gasteiger partial charge in [-0.15, -0.1) is 0 Å². The van der Waals surface area contributed by atoms with Crippen molar-refractivity contribution in [3.05, 3.63) is 12.4 Å². The van der Waals surface area contributed by atoms with Gasteiger partial charge in [-0.3, -0.25) is 0 Å². The average molecular weight is 208 g/mol. The van der Waals surface area contributed by atoms with Crippen LogP contribution < -0.4 is 11.1 Å². The Morgan fingerprint density at radius 3 is 3.07 bits per heavy atom. The predicted octanol–water partition coefficient (Wildman–Crippen LogP) is 1.04. The monoisotopic (exact) mass is 208 g/mol. The summed E-state index contributed by atoms with van der Waals surface area (Å²) < 4.78 is 5.45. The highest BCUT2D eigenvalue weighted by atomic mass is 16.5. The Hall–Kier alpha value is -1.36. The lowest BCUT2D eigenvalue weighted by Crippen LogP contribution is -2.43. The van der Waals surface area contributed by atoms with Gasteiger partial charge in [0.15, 0.2) is 0 Å². The van der Waals surface area contributed by atoms with Crippen LogP contribution in [0.1, 0.15) is 19.8 Å². The molecule has 0 radical (unpaired) electrons. The van der Waals surface area contributed by atoms with E-state index in [9.17, 15) is 0 Å². The number of ether oxygens (including phenoxy) is 1. The summed E-state index contributed by atoms with van der Waals surface area (Å²) in [6.07, 6.45) is 3.62. The first-order valence-corrected chi connectivity index (χ1v) is 5.11. The molecule has 15 heavy (non-hydrogen) atoms. The van der Waals surface area contributed by atoms with E-state index in [2.05, 4.69) is 22.2 Å². The second-order valence-corrected chi connectivity index (χ2v) is 4.17. The molecule has 2 rings (SSSR count). The van der Waals surface area contributed by atoms with Crippen molar-refractivity contribution in [1.82, 2.24) is 9.97 Å². The van der Waals surface area contributed by atoms with Gasteiger partial charge in [0.25, 0.3) is 0 Å². The smallest absolute Gasteiger partial charge is 0.131 e. The van der Waals surface area contributed by atoms with Crippen molar-refractivity contribution >= 4 is 11.6 Å². The van der Waals surface area contributed by atoms with E-state index in [0.29, 0.717) is 12.4 Å². The quantitative estimate of drug-likeness (QED) is 0.759. The second kappa shape index (κ2) is 4.02. The molecule has 82 valence electrons. The lowest BCUT2D eigenvalue weighted by Gasteiger charge is -2.34. The molecule has 5 nitrogen and oxygen atoms in total. The first-order valence-electron chi connectivity index (χ1n) is 5.11. The minimum Gasteiger partial charge on any atom is -0.384 e. The van der Waals surface area contributed by atoms with Gasteiger partial charge in [-0.2, -0.15) is 0 Å². The maximum Gasteiger partial charge on any atom is 0.131 e. The Bertz CT molecular complexity index is 336. The van der Waals surface area contributed by atoms with Crippen molar-refractivity contribution in [3.63, 3.8) is 0 Å². The number of anilines is 2. The van der Waals surface area contributed by atoms with Gasteiger partial charge < -0.3 is 15.8 Å². The van der Waals surface area contributed by atoms with E-state index in [1.807, 2.05) is 0 Å². The number of nitrogens with two attached hydrogens (primary N) is 1. The highest BCUT2D eigenvalue weighted by Crippen LogP contribution is 2.23. The van der Waals surface area contributed by atoms with Gasteiger partial charge in [0.1, 0.15) is 18.0 Å². The summed E-state index contributed by atoms with van der Waals surface area (Å²) >= 11 is 0. The predicted molar refractivity (Wildman–Crippen MR) is 58.5 cm³/mol. The summed E-state index contributed by atoms with van der Waals surface area (Å²) in [7, 11) is 0. The van der Waals surface area contributed by atoms with Crippen LogP contribution in [0.4, 0.5) is 11.6 Å². The maximum atomic E-state index is 5.58. The van der Waals surface area contributed by atoms with Crippen molar-refractivity contribution in [2.24, 2.45) is 0 Å². The zero-order valence-electron chi connectivity index (χ0n) is 8.86. The summed E-state index contributed by atoms with van der Waals surface area (Å²) in [5.74, 6) is 1.24. The van der Waals surface area contributed by atoms with E-state index < -0.39 is 0 Å². The van der Waals surface area contributed by atoms with Gasteiger partial charge >= 0.3 is 0 Å². The fraction of sp³-hybridized carbons (Fsp3) is 0.600. The molecule has 5 heteroatoms. The maximum absolute atomic E-state index is 5.58. The van der Waals surface area contributed by atoms with Crippen molar-refractivity contribution in [2.45, 2.75) is 25.3 Å². The van der Waals surface area contributed by atoms with Crippen LogP contribution in [0.3, 0.4) is 0 Å².